The molecule has 5 nitrogen and oxygen atoms in total. The van der Waals surface area contributed by atoms with Crippen LogP contribution in [0.2, 0.25) is 0 Å². The summed E-state index contributed by atoms with van der Waals surface area (Å²) in [5.41, 5.74) is 1.18. The van der Waals surface area contributed by atoms with Crippen LogP contribution in [-0.2, 0) is 22.4 Å². The summed E-state index contributed by atoms with van der Waals surface area (Å²) in [7, 11) is 0. The van der Waals surface area contributed by atoms with Gasteiger partial charge in [0.2, 0.25) is 0 Å². The fourth-order valence-electron chi connectivity index (χ4n) is 4.17. The van der Waals surface area contributed by atoms with Gasteiger partial charge in [-0.3, -0.25) is 9.59 Å². The molecule has 3 N–H and O–H groups in total. The molecule has 0 saturated heterocycles. The Labute approximate surface area is 166 Å². The van der Waals surface area contributed by atoms with Crippen molar-refractivity contribution < 1.29 is 24.9 Å². The number of benzene rings is 1. The highest BCUT2D eigenvalue weighted by molar-refractivity contribution is 5.78. The van der Waals surface area contributed by atoms with Gasteiger partial charge in [0.1, 0.15) is 5.75 Å². The molecule has 1 aromatic rings. The Bertz CT molecular complexity index is 716. The maximum Gasteiger partial charge on any atom is 0.309 e. The van der Waals surface area contributed by atoms with E-state index in [1.165, 1.54) is 0 Å². The Morgan fingerprint density at radius 2 is 1.32 bits per heavy atom. The molecule has 0 heterocycles. The third kappa shape index (κ3) is 5.06. The third-order valence-electron chi connectivity index (χ3n) is 6.74. The van der Waals surface area contributed by atoms with Gasteiger partial charge in [-0.25, -0.2) is 0 Å². The lowest BCUT2D eigenvalue weighted by Crippen LogP contribution is -2.14. The smallest absolute Gasteiger partial charge is 0.309 e. The van der Waals surface area contributed by atoms with E-state index < -0.39 is 22.8 Å². The second-order valence-corrected chi connectivity index (χ2v) is 8.90. The molecule has 0 bridgehead atoms. The second kappa shape index (κ2) is 8.54. The predicted octanol–water partition coefficient (Wildman–Crippen LogP) is 4.94. The first kappa shape index (κ1) is 20.7. The van der Waals surface area contributed by atoms with Crippen molar-refractivity contribution in [1.82, 2.24) is 0 Å². The van der Waals surface area contributed by atoms with E-state index >= 15 is 0 Å². The molecule has 0 aliphatic heterocycles. The van der Waals surface area contributed by atoms with Crippen LogP contribution >= 0.6 is 0 Å². The van der Waals surface area contributed by atoms with Crippen molar-refractivity contribution in [1.29, 1.82) is 0 Å². The van der Waals surface area contributed by atoms with Crippen LogP contribution in [0.4, 0.5) is 0 Å². The molecule has 3 rings (SSSR count). The summed E-state index contributed by atoms with van der Waals surface area (Å²) < 4.78 is 0. The summed E-state index contributed by atoms with van der Waals surface area (Å²) in [6, 6.07) is 5.89. The average Bonchev–Trinajstić information content (AvgIpc) is 3.55. The van der Waals surface area contributed by atoms with Crippen molar-refractivity contribution in [3.8, 4) is 5.75 Å². The van der Waals surface area contributed by atoms with E-state index in [4.69, 9.17) is 0 Å². The first-order valence-corrected chi connectivity index (χ1v) is 10.6. The number of aromatic hydroxyl groups is 1. The van der Waals surface area contributed by atoms with Crippen molar-refractivity contribution >= 4 is 11.9 Å². The summed E-state index contributed by atoms with van der Waals surface area (Å²) >= 11 is 0. The molecule has 0 radical (unpaired) electrons. The molecule has 0 atom stereocenters. The van der Waals surface area contributed by atoms with E-state index in [1.807, 2.05) is 12.1 Å². The highest BCUT2D eigenvalue weighted by atomic mass is 16.4. The van der Waals surface area contributed by atoms with Gasteiger partial charge in [0.25, 0.3) is 0 Å². The zero-order chi connectivity index (χ0) is 20.2. The van der Waals surface area contributed by atoms with Crippen molar-refractivity contribution in [3.63, 3.8) is 0 Å². The lowest BCUT2D eigenvalue weighted by Gasteiger charge is -2.11. The number of aryl methyl sites for hydroxylation is 2. The van der Waals surface area contributed by atoms with Crippen LogP contribution in [0, 0.1) is 10.8 Å². The summed E-state index contributed by atoms with van der Waals surface area (Å²) in [5.74, 6) is -0.960. The van der Waals surface area contributed by atoms with Gasteiger partial charge in [-0.05, 0) is 81.4 Å². The van der Waals surface area contributed by atoms with Crippen molar-refractivity contribution in [2.45, 2.75) is 83.5 Å². The first-order valence-electron chi connectivity index (χ1n) is 10.6. The molecule has 28 heavy (non-hydrogen) atoms. The Morgan fingerprint density at radius 3 is 1.82 bits per heavy atom. The highest BCUT2D eigenvalue weighted by Crippen LogP contribution is 2.50. The minimum absolute atomic E-state index is 0.333. The molecule has 2 aliphatic rings. The molecule has 5 heteroatoms. The maximum atomic E-state index is 11.2. The number of unbranched alkanes of at least 4 members (excludes halogenated alkanes) is 3. The van der Waals surface area contributed by atoms with Gasteiger partial charge < -0.3 is 15.3 Å². The van der Waals surface area contributed by atoms with E-state index in [0.29, 0.717) is 5.75 Å². The van der Waals surface area contributed by atoms with Crippen LogP contribution in [-0.4, -0.2) is 27.3 Å². The average molecular weight is 389 g/mol. The van der Waals surface area contributed by atoms with Crippen molar-refractivity contribution in [3.05, 3.63) is 29.3 Å². The number of phenols is 1. The summed E-state index contributed by atoms with van der Waals surface area (Å²) in [5, 5.41) is 28.7. The van der Waals surface area contributed by atoms with Crippen molar-refractivity contribution in [2.75, 3.05) is 0 Å². The lowest BCUT2D eigenvalue weighted by molar-refractivity contribution is -0.144. The molecule has 0 spiro atoms. The van der Waals surface area contributed by atoms with Crippen LogP contribution in [0.3, 0.4) is 0 Å². The Hall–Kier alpha value is -2.04. The number of hydrogen-bond donors (Lipinski definition) is 3. The van der Waals surface area contributed by atoms with Gasteiger partial charge in [0, 0.05) is 0 Å². The Kier molecular flexibility index (Phi) is 6.31. The number of hydrogen-bond acceptors (Lipinski definition) is 3. The number of aliphatic carboxylic acids is 2. The molecule has 0 amide bonds. The molecule has 0 aromatic heterocycles. The van der Waals surface area contributed by atoms with E-state index in [9.17, 15) is 24.9 Å². The minimum atomic E-state index is -0.657. The van der Waals surface area contributed by atoms with Crippen molar-refractivity contribution in [2.24, 2.45) is 10.8 Å². The zero-order valence-electron chi connectivity index (χ0n) is 16.6. The van der Waals surface area contributed by atoms with Crippen LogP contribution in [0.25, 0.3) is 0 Å². The Morgan fingerprint density at radius 1 is 0.786 bits per heavy atom. The summed E-state index contributed by atoms with van der Waals surface area (Å²) in [4.78, 5) is 22.3. The SMILES string of the molecule is O=C(O)C1(CCCCCc2ccc(CCCCC3(C(=O)O)CC3)c(O)c2)CC1. The van der Waals surface area contributed by atoms with E-state index in [2.05, 4.69) is 6.07 Å². The molecule has 154 valence electrons. The van der Waals surface area contributed by atoms with Gasteiger partial charge in [-0.2, -0.15) is 0 Å². The fourth-order valence-corrected chi connectivity index (χ4v) is 4.17. The fraction of sp³-hybridized carbons (Fsp3) is 0.652. The molecule has 0 unspecified atom stereocenters. The van der Waals surface area contributed by atoms with Crippen LogP contribution in [0.15, 0.2) is 18.2 Å². The highest BCUT2D eigenvalue weighted by Gasteiger charge is 2.49. The van der Waals surface area contributed by atoms with Gasteiger partial charge in [0.15, 0.2) is 0 Å². The summed E-state index contributed by atoms with van der Waals surface area (Å²) in [6.45, 7) is 0. The van der Waals surface area contributed by atoms with E-state index in [-0.39, 0.29) is 0 Å². The number of carbonyl (C=O) groups is 2. The molecule has 1 aromatic carbocycles. The molecule has 2 fully saturated rings. The zero-order valence-corrected chi connectivity index (χ0v) is 16.6. The molecular weight excluding hydrogens is 356 g/mol. The predicted molar refractivity (Wildman–Crippen MR) is 106 cm³/mol. The standard InChI is InChI=1S/C23H32O5/c24-19-16-17(6-2-1-4-10-22(12-13-22)20(25)26)8-9-18(19)7-3-5-11-23(14-15-23)21(27)28/h8-9,16,24H,1-7,10-15H2,(H,25,26)(H,27,28). The number of phenolic OH excluding ortho intramolecular Hbond substituents is 1. The number of carboxylic acids is 2. The maximum absolute atomic E-state index is 11.2. The lowest BCUT2D eigenvalue weighted by atomic mass is 9.95. The second-order valence-electron chi connectivity index (χ2n) is 8.90. The quantitative estimate of drug-likeness (QED) is 0.416. The third-order valence-corrected chi connectivity index (χ3v) is 6.74. The number of rotatable bonds is 13. The van der Waals surface area contributed by atoms with Gasteiger partial charge in [0.05, 0.1) is 10.8 Å². The number of carboxylic acid groups (broad SMARTS) is 2. The van der Waals surface area contributed by atoms with Crippen LogP contribution in [0.1, 0.15) is 81.8 Å². The van der Waals surface area contributed by atoms with Crippen LogP contribution in [0.5, 0.6) is 5.75 Å². The molecule has 2 saturated carbocycles. The first-order chi connectivity index (χ1) is 13.4. The van der Waals surface area contributed by atoms with Crippen LogP contribution < -0.4 is 0 Å². The summed E-state index contributed by atoms with van der Waals surface area (Å²) in [6.07, 6.45) is 11.2. The van der Waals surface area contributed by atoms with Gasteiger partial charge in [-0.15, -0.1) is 0 Å². The van der Waals surface area contributed by atoms with E-state index in [0.717, 1.165) is 94.6 Å². The topological polar surface area (TPSA) is 94.8 Å². The monoisotopic (exact) mass is 388 g/mol. The minimum Gasteiger partial charge on any atom is -0.508 e. The largest absolute Gasteiger partial charge is 0.508 e. The van der Waals surface area contributed by atoms with Gasteiger partial charge in [-0.1, -0.05) is 31.4 Å². The molecular formula is C23H32O5. The normalized spacial score (nSPS) is 18.6. The molecule has 2 aliphatic carbocycles. The van der Waals surface area contributed by atoms with E-state index in [1.54, 1.807) is 0 Å². The Balaban J connectivity index is 1.33. The van der Waals surface area contributed by atoms with Gasteiger partial charge >= 0.3 is 11.9 Å².